The molecule has 0 bridgehead atoms. The van der Waals surface area contributed by atoms with Crippen LogP contribution in [0.3, 0.4) is 0 Å². The Labute approximate surface area is 74.4 Å². The van der Waals surface area contributed by atoms with E-state index in [1.807, 2.05) is 0 Å². The molecule has 0 saturated carbocycles. The lowest BCUT2D eigenvalue weighted by Crippen LogP contribution is -2.25. The van der Waals surface area contributed by atoms with Crippen LogP contribution in [0.4, 0.5) is 13.2 Å². The Balaban J connectivity index is 3.10. The molecule has 1 aromatic rings. The summed E-state index contributed by atoms with van der Waals surface area (Å²) in [5.74, 6) is -3.78. The van der Waals surface area contributed by atoms with Crippen molar-refractivity contribution in [2.75, 3.05) is 6.54 Å². The van der Waals surface area contributed by atoms with E-state index in [1.165, 1.54) is 19.1 Å². The third-order valence-corrected chi connectivity index (χ3v) is 1.85. The van der Waals surface area contributed by atoms with Gasteiger partial charge in [0.1, 0.15) is 5.82 Å². The molecule has 2 N–H and O–H groups in total. The summed E-state index contributed by atoms with van der Waals surface area (Å²) in [5.41, 5.74) is 4.82. The fraction of sp³-hybridized carbons (Fsp3) is 0.333. The minimum absolute atomic E-state index is 0.344. The van der Waals surface area contributed by atoms with Gasteiger partial charge in [-0.1, -0.05) is 12.1 Å². The molecule has 0 amide bonds. The van der Waals surface area contributed by atoms with Crippen LogP contribution in [0.15, 0.2) is 18.2 Å². The molecule has 0 aromatic heterocycles. The van der Waals surface area contributed by atoms with Crippen molar-refractivity contribution >= 4 is 0 Å². The molecule has 1 rings (SSSR count). The molecule has 4 heteroatoms. The van der Waals surface area contributed by atoms with E-state index in [0.29, 0.717) is 5.56 Å². The largest absolute Gasteiger partial charge is 0.325 e. The summed E-state index contributed by atoms with van der Waals surface area (Å²) in [6.07, 6.45) is 0. The molecule has 0 aliphatic carbocycles. The van der Waals surface area contributed by atoms with E-state index in [4.69, 9.17) is 5.73 Å². The number of halogens is 3. The number of benzene rings is 1. The van der Waals surface area contributed by atoms with Crippen molar-refractivity contribution in [2.45, 2.75) is 12.8 Å². The molecule has 0 aliphatic rings. The Kier molecular flexibility index (Phi) is 2.61. The van der Waals surface area contributed by atoms with Crippen LogP contribution >= 0.6 is 0 Å². The topological polar surface area (TPSA) is 26.0 Å². The van der Waals surface area contributed by atoms with Crippen LogP contribution in [-0.4, -0.2) is 6.54 Å². The predicted octanol–water partition coefficient (Wildman–Crippen LogP) is 2.18. The van der Waals surface area contributed by atoms with E-state index in [-0.39, 0.29) is 5.56 Å². The molecule has 1 aromatic carbocycles. The van der Waals surface area contributed by atoms with Gasteiger partial charge in [-0.15, -0.1) is 0 Å². The van der Waals surface area contributed by atoms with E-state index < -0.39 is 18.3 Å². The summed E-state index contributed by atoms with van der Waals surface area (Å²) in [6, 6.07) is 3.32. The lowest BCUT2D eigenvalue weighted by atomic mass is 10.1. The molecule has 0 aliphatic heterocycles. The van der Waals surface area contributed by atoms with Gasteiger partial charge in [0.2, 0.25) is 0 Å². The Morgan fingerprint density at radius 1 is 1.38 bits per heavy atom. The van der Waals surface area contributed by atoms with Gasteiger partial charge in [-0.3, -0.25) is 0 Å². The standard InChI is InChI=1S/C9H10F3N/c1-6-2-3-7(4-8(6)10)9(11,12)5-13/h2-4H,5,13H2,1H3. The van der Waals surface area contributed by atoms with Crippen LogP contribution in [0.25, 0.3) is 0 Å². The minimum atomic E-state index is -3.14. The van der Waals surface area contributed by atoms with Crippen LogP contribution < -0.4 is 5.73 Å². The first-order valence-corrected chi connectivity index (χ1v) is 3.82. The summed E-state index contributed by atoms with van der Waals surface area (Å²) in [4.78, 5) is 0. The number of aryl methyl sites for hydroxylation is 1. The summed E-state index contributed by atoms with van der Waals surface area (Å²) in [7, 11) is 0. The quantitative estimate of drug-likeness (QED) is 0.758. The summed E-state index contributed by atoms with van der Waals surface area (Å²) < 4.78 is 38.7. The smallest absolute Gasteiger partial charge is 0.285 e. The molecular weight excluding hydrogens is 179 g/mol. The van der Waals surface area contributed by atoms with E-state index in [2.05, 4.69) is 0 Å². The average Bonchev–Trinajstić information content (AvgIpc) is 2.09. The van der Waals surface area contributed by atoms with Crippen molar-refractivity contribution in [3.8, 4) is 0 Å². The van der Waals surface area contributed by atoms with Crippen molar-refractivity contribution in [3.63, 3.8) is 0 Å². The second-order valence-corrected chi connectivity index (χ2v) is 2.87. The maximum atomic E-state index is 12.9. The second kappa shape index (κ2) is 3.38. The highest BCUT2D eigenvalue weighted by Crippen LogP contribution is 2.27. The lowest BCUT2D eigenvalue weighted by molar-refractivity contribution is 0.00564. The third-order valence-electron chi connectivity index (χ3n) is 1.85. The zero-order valence-corrected chi connectivity index (χ0v) is 7.15. The Morgan fingerprint density at radius 3 is 2.46 bits per heavy atom. The van der Waals surface area contributed by atoms with Crippen LogP contribution in [-0.2, 0) is 5.92 Å². The van der Waals surface area contributed by atoms with Gasteiger partial charge < -0.3 is 5.73 Å². The number of hydrogen-bond donors (Lipinski definition) is 1. The molecule has 1 nitrogen and oxygen atoms in total. The van der Waals surface area contributed by atoms with Gasteiger partial charge in [0.15, 0.2) is 0 Å². The third kappa shape index (κ3) is 2.01. The van der Waals surface area contributed by atoms with Crippen LogP contribution in [0.1, 0.15) is 11.1 Å². The molecular formula is C9H10F3N. The molecule has 0 spiro atoms. The first kappa shape index (κ1) is 10.1. The van der Waals surface area contributed by atoms with Gasteiger partial charge in [0.05, 0.1) is 6.54 Å². The molecule has 0 fully saturated rings. The lowest BCUT2D eigenvalue weighted by Gasteiger charge is -2.14. The molecule has 0 unspecified atom stereocenters. The van der Waals surface area contributed by atoms with E-state index in [0.717, 1.165) is 6.07 Å². The highest BCUT2D eigenvalue weighted by Gasteiger charge is 2.29. The molecule has 0 radical (unpaired) electrons. The normalized spacial score (nSPS) is 11.8. The minimum Gasteiger partial charge on any atom is -0.325 e. The zero-order valence-electron chi connectivity index (χ0n) is 7.15. The molecule has 13 heavy (non-hydrogen) atoms. The number of nitrogens with two attached hydrogens (primary N) is 1. The van der Waals surface area contributed by atoms with Gasteiger partial charge in [0, 0.05) is 5.56 Å². The number of alkyl halides is 2. The monoisotopic (exact) mass is 189 g/mol. The maximum absolute atomic E-state index is 12.9. The molecule has 0 saturated heterocycles. The first-order valence-electron chi connectivity index (χ1n) is 3.82. The Hall–Kier alpha value is -1.03. The van der Waals surface area contributed by atoms with Crippen molar-refractivity contribution in [3.05, 3.63) is 35.1 Å². The average molecular weight is 189 g/mol. The summed E-state index contributed by atoms with van der Waals surface area (Å²) in [5, 5.41) is 0. The molecule has 72 valence electrons. The molecule has 0 heterocycles. The van der Waals surface area contributed by atoms with Crippen molar-refractivity contribution < 1.29 is 13.2 Å². The highest BCUT2D eigenvalue weighted by atomic mass is 19.3. The SMILES string of the molecule is Cc1ccc(C(F)(F)CN)cc1F. The Morgan fingerprint density at radius 2 is 2.00 bits per heavy atom. The van der Waals surface area contributed by atoms with Gasteiger partial charge in [-0.2, -0.15) is 8.78 Å². The van der Waals surface area contributed by atoms with Gasteiger partial charge in [-0.25, -0.2) is 4.39 Å². The van der Waals surface area contributed by atoms with E-state index in [9.17, 15) is 13.2 Å². The second-order valence-electron chi connectivity index (χ2n) is 2.87. The number of rotatable bonds is 2. The highest BCUT2D eigenvalue weighted by molar-refractivity contribution is 5.26. The fourth-order valence-corrected chi connectivity index (χ4v) is 0.938. The van der Waals surface area contributed by atoms with Crippen molar-refractivity contribution in [1.82, 2.24) is 0 Å². The van der Waals surface area contributed by atoms with E-state index >= 15 is 0 Å². The van der Waals surface area contributed by atoms with Crippen molar-refractivity contribution in [2.24, 2.45) is 5.73 Å². The fourth-order valence-electron chi connectivity index (χ4n) is 0.938. The van der Waals surface area contributed by atoms with Crippen LogP contribution in [0, 0.1) is 12.7 Å². The van der Waals surface area contributed by atoms with Gasteiger partial charge in [-0.05, 0) is 18.6 Å². The molecule has 0 atom stereocenters. The Bertz CT molecular complexity index is 310. The van der Waals surface area contributed by atoms with Gasteiger partial charge in [0.25, 0.3) is 5.92 Å². The predicted molar refractivity (Wildman–Crippen MR) is 44.1 cm³/mol. The van der Waals surface area contributed by atoms with E-state index in [1.54, 1.807) is 0 Å². The van der Waals surface area contributed by atoms with Crippen molar-refractivity contribution in [1.29, 1.82) is 0 Å². The van der Waals surface area contributed by atoms with Crippen LogP contribution in [0.2, 0.25) is 0 Å². The van der Waals surface area contributed by atoms with Gasteiger partial charge >= 0.3 is 0 Å². The first-order chi connectivity index (χ1) is 5.97. The summed E-state index contributed by atoms with van der Waals surface area (Å²) >= 11 is 0. The zero-order chi connectivity index (χ0) is 10.1. The van der Waals surface area contributed by atoms with Crippen LogP contribution in [0.5, 0.6) is 0 Å². The number of hydrogen-bond acceptors (Lipinski definition) is 1. The maximum Gasteiger partial charge on any atom is 0.285 e. The summed E-state index contributed by atoms with van der Waals surface area (Å²) in [6.45, 7) is 0.704.